The fourth-order valence-electron chi connectivity index (χ4n) is 2.89. The molecule has 8 heteroatoms. The Labute approximate surface area is 153 Å². The average molecular weight is 380 g/mol. The van der Waals surface area contributed by atoms with Crippen LogP contribution in [0.25, 0.3) is 10.9 Å². The van der Waals surface area contributed by atoms with E-state index in [1.165, 1.54) is 29.0 Å². The van der Waals surface area contributed by atoms with Gasteiger partial charge < -0.3 is 14.6 Å². The second-order valence-corrected chi connectivity index (χ2v) is 6.38. The highest BCUT2D eigenvalue weighted by Gasteiger charge is 2.18. The number of alkyl halides is 2. The molecule has 0 bridgehead atoms. The zero-order valence-corrected chi connectivity index (χ0v) is 15.1. The first-order chi connectivity index (χ1) is 12.2. The van der Waals surface area contributed by atoms with Gasteiger partial charge in [-0.25, -0.2) is 13.8 Å². The molecule has 0 radical (unpaired) electrons. The highest BCUT2D eigenvalue weighted by molar-refractivity contribution is 6.30. The minimum Gasteiger partial charge on any atom is -0.508 e. The van der Waals surface area contributed by atoms with Crippen molar-refractivity contribution in [1.29, 1.82) is 0 Å². The van der Waals surface area contributed by atoms with Crippen LogP contribution in [-0.2, 0) is 7.05 Å². The number of aromatic nitrogens is 2. The number of phenolic OH excluding ortho intramolecular Hbond substituents is 1. The molecule has 0 saturated heterocycles. The Balaban J connectivity index is 2.25. The maximum Gasteiger partial charge on any atom is 0.266 e. The van der Waals surface area contributed by atoms with Crippen molar-refractivity contribution in [3.8, 4) is 5.75 Å². The summed E-state index contributed by atoms with van der Waals surface area (Å²) in [5, 5.41) is 10.5. The molecule has 2 aromatic heterocycles. The highest BCUT2D eigenvalue weighted by Crippen LogP contribution is 2.36. The number of hydrogen-bond donors (Lipinski definition) is 1. The third kappa shape index (κ3) is 2.99. The molecule has 26 heavy (non-hydrogen) atoms. The Bertz CT molecular complexity index is 1070. The number of hydrogen-bond acceptors (Lipinski definition) is 4. The quantitative estimate of drug-likeness (QED) is 0.689. The number of rotatable bonds is 3. The monoisotopic (exact) mass is 379 g/mol. The molecule has 1 aromatic carbocycles. The maximum atomic E-state index is 13.1. The smallest absolute Gasteiger partial charge is 0.266 e. The van der Waals surface area contributed by atoms with Crippen LogP contribution in [0.3, 0.4) is 0 Å². The van der Waals surface area contributed by atoms with E-state index in [2.05, 4.69) is 4.98 Å². The second-order valence-electron chi connectivity index (χ2n) is 6.02. The normalized spacial score (nSPS) is 11.3. The largest absolute Gasteiger partial charge is 0.508 e. The van der Waals surface area contributed by atoms with Crippen LogP contribution in [0.5, 0.6) is 5.75 Å². The molecule has 3 aromatic rings. The second kappa shape index (κ2) is 6.57. The van der Waals surface area contributed by atoms with Crippen molar-refractivity contribution in [2.45, 2.75) is 13.3 Å². The molecule has 3 rings (SSSR count). The van der Waals surface area contributed by atoms with Crippen molar-refractivity contribution in [1.82, 2.24) is 9.55 Å². The van der Waals surface area contributed by atoms with E-state index in [1.54, 1.807) is 32.0 Å². The van der Waals surface area contributed by atoms with Gasteiger partial charge >= 0.3 is 0 Å². The number of nitrogens with zero attached hydrogens (tertiary/aromatic N) is 3. The minimum atomic E-state index is -2.76. The molecule has 136 valence electrons. The van der Waals surface area contributed by atoms with E-state index in [4.69, 9.17) is 11.6 Å². The number of fused-ring (bicyclic) bond motifs is 1. The number of aryl methyl sites for hydroxylation is 2. The van der Waals surface area contributed by atoms with Crippen molar-refractivity contribution < 1.29 is 13.9 Å². The van der Waals surface area contributed by atoms with Gasteiger partial charge in [0.2, 0.25) is 0 Å². The number of pyridine rings is 2. The highest BCUT2D eigenvalue weighted by atomic mass is 35.5. The molecular weight excluding hydrogens is 364 g/mol. The summed E-state index contributed by atoms with van der Waals surface area (Å²) in [7, 11) is 3.27. The van der Waals surface area contributed by atoms with E-state index in [0.717, 1.165) is 0 Å². The number of halogens is 3. The third-order valence-electron chi connectivity index (χ3n) is 4.32. The number of aromatic hydroxyl groups is 1. The van der Waals surface area contributed by atoms with Crippen molar-refractivity contribution in [2.24, 2.45) is 7.05 Å². The molecule has 0 atom stereocenters. The molecule has 0 aliphatic rings. The summed E-state index contributed by atoms with van der Waals surface area (Å²) in [6.07, 6.45) is -1.38. The molecule has 0 saturated carbocycles. The summed E-state index contributed by atoms with van der Waals surface area (Å²) in [4.78, 5) is 17.6. The summed E-state index contributed by atoms with van der Waals surface area (Å²) in [5.74, 6) is -0.0470. The van der Waals surface area contributed by atoms with Gasteiger partial charge in [-0.15, -0.1) is 0 Å². The molecule has 0 fully saturated rings. The number of anilines is 2. The van der Waals surface area contributed by atoms with Crippen LogP contribution in [0.1, 0.15) is 17.6 Å². The Hall–Kier alpha value is -2.67. The van der Waals surface area contributed by atoms with Gasteiger partial charge in [0.15, 0.2) is 0 Å². The van der Waals surface area contributed by atoms with E-state index >= 15 is 0 Å². The zero-order valence-electron chi connectivity index (χ0n) is 14.3. The van der Waals surface area contributed by atoms with Crippen molar-refractivity contribution in [2.75, 3.05) is 11.9 Å². The van der Waals surface area contributed by atoms with Crippen LogP contribution in [0.4, 0.5) is 20.2 Å². The van der Waals surface area contributed by atoms with Crippen molar-refractivity contribution >= 4 is 33.9 Å². The Morgan fingerprint density at radius 2 is 1.96 bits per heavy atom. The summed E-state index contributed by atoms with van der Waals surface area (Å²) in [5.41, 5.74) is 1.43. The standard InChI is InChI=1S/C18H16ClF2N3O2/c1-9-4-12-14(6-11(25)7-15(12)24(3)18(9)26)23(2)10-5-13(17(20)21)16(19)22-8-10/h4-8,17,25H,1-3H3. The first-order valence-electron chi connectivity index (χ1n) is 7.71. The fourth-order valence-corrected chi connectivity index (χ4v) is 3.08. The van der Waals surface area contributed by atoms with Crippen LogP contribution in [0.15, 0.2) is 35.3 Å². The van der Waals surface area contributed by atoms with Gasteiger partial charge in [-0.05, 0) is 19.1 Å². The number of phenols is 1. The summed E-state index contributed by atoms with van der Waals surface area (Å²) >= 11 is 5.73. The lowest BCUT2D eigenvalue weighted by atomic mass is 10.1. The van der Waals surface area contributed by atoms with Gasteiger partial charge in [0, 0.05) is 37.2 Å². The predicted molar refractivity (Wildman–Crippen MR) is 97.9 cm³/mol. The Morgan fingerprint density at radius 1 is 1.27 bits per heavy atom. The van der Waals surface area contributed by atoms with Gasteiger partial charge in [-0.3, -0.25) is 4.79 Å². The van der Waals surface area contributed by atoms with Crippen LogP contribution in [0, 0.1) is 6.92 Å². The Morgan fingerprint density at radius 3 is 2.62 bits per heavy atom. The summed E-state index contributed by atoms with van der Waals surface area (Å²) in [6.45, 7) is 1.69. The molecule has 0 unspecified atom stereocenters. The zero-order chi connectivity index (χ0) is 19.2. The van der Waals surface area contributed by atoms with Crippen molar-refractivity contribution in [3.05, 3.63) is 57.1 Å². The summed E-state index contributed by atoms with van der Waals surface area (Å²) < 4.78 is 27.7. The van der Waals surface area contributed by atoms with Gasteiger partial charge in [-0.2, -0.15) is 0 Å². The van der Waals surface area contributed by atoms with Gasteiger partial charge in [0.25, 0.3) is 12.0 Å². The molecule has 2 heterocycles. The topological polar surface area (TPSA) is 58.4 Å². The Kier molecular flexibility index (Phi) is 4.58. The molecule has 0 amide bonds. The van der Waals surface area contributed by atoms with Crippen LogP contribution < -0.4 is 10.5 Å². The fraction of sp³-hybridized carbons (Fsp3) is 0.222. The van der Waals surface area contributed by atoms with E-state index in [9.17, 15) is 18.7 Å². The number of benzene rings is 1. The van der Waals surface area contributed by atoms with Gasteiger partial charge in [0.1, 0.15) is 10.9 Å². The lowest BCUT2D eigenvalue weighted by molar-refractivity contribution is 0.151. The first kappa shape index (κ1) is 18.1. The van der Waals surface area contributed by atoms with E-state index < -0.39 is 6.43 Å². The van der Waals surface area contributed by atoms with Crippen molar-refractivity contribution in [3.63, 3.8) is 0 Å². The van der Waals surface area contributed by atoms with E-state index in [0.29, 0.717) is 27.8 Å². The molecule has 1 N–H and O–H groups in total. The summed E-state index contributed by atoms with van der Waals surface area (Å²) in [6, 6.07) is 5.95. The van der Waals surface area contributed by atoms with Gasteiger partial charge in [0.05, 0.1) is 28.7 Å². The SMILES string of the molecule is Cc1cc2c(N(C)c3cnc(Cl)c(C(F)F)c3)cc(O)cc2n(C)c1=O. The third-order valence-corrected chi connectivity index (χ3v) is 4.64. The van der Waals surface area contributed by atoms with Crippen LogP contribution in [-0.4, -0.2) is 21.7 Å². The predicted octanol–water partition coefficient (Wildman–Crippen LogP) is 4.31. The lowest BCUT2D eigenvalue weighted by Gasteiger charge is -2.23. The molecule has 5 nitrogen and oxygen atoms in total. The first-order valence-corrected chi connectivity index (χ1v) is 8.09. The minimum absolute atomic E-state index is 0.0470. The van der Waals surface area contributed by atoms with E-state index in [-0.39, 0.29) is 22.0 Å². The van der Waals surface area contributed by atoms with E-state index in [1.807, 2.05) is 0 Å². The van der Waals surface area contributed by atoms with Gasteiger partial charge in [-0.1, -0.05) is 11.6 Å². The molecule has 0 spiro atoms. The molecule has 0 aliphatic heterocycles. The molecule has 0 aliphatic carbocycles. The van der Waals surface area contributed by atoms with Crippen LogP contribution in [0.2, 0.25) is 5.15 Å². The average Bonchev–Trinajstić information content (AvgIpc) is 2.59. The lowest BCUT2D eigenvalue weighted by Crippen LogP contribution is -2.20. The molecular formula is C18H16ClF2N3O2. The maximum absolute atomic E-state index is 13.1. The van der Waals surface area contributed by atoms with Crippen LogP contribution >= 0.6 is 11.6 Å².